The summed E-state index contributed by atoms with van der Waals surface area (Å²) in [6.07, 6.45) is 3.10. The third-order valence-corrected chi connectivity index (χ3v) is 4.76. The van der Waals surface area contributed by atoms with Crippen molar-refractivity contribution < 1.29 is 9.53 Å². The first kappa shape index (κ1) is 14.0. The zero-order valence-electron chi connectivity index (χ0n) is 11.4. The van der Waals surface area contributed by atoms with Gasteiger partial charge in [-0.3, -0.25) is 0 Å². The van der Waals surface area contributed by atoms with Crippen LogP contribution in [0.3, 0.4) is 0 Å². The van der Waals surface area contributed by atoms with Crippen molar-refractivity contribution in [3.8, 4) is 0 Å². The predicted molar refractivity (Wildman–Crippen MR) is 87.5 cm³/mol. The average Bonchev–Trinajstić information content (AvgIpc) is 3.09. The lowest BCUT2D eigenvalue weighted by Crippen LogP contribution is -2.00. The normalized spacial score (nSPS) is 11.3. The lowest BCUT2D eigenvalue weighted by molar-refractivity contribution is -0.138. The molecule has 1 aromatic carbocycles. The number of hydrogen-bond donors (Lipinski definition) is 0. The van der Waals surface area contributed by atoms with Gasteiger partial charge in [-0.2, -0.15) is 0 Å². The quantitative estimate of drug-likeness (QED) is 0.528. The second-order valence-corrected chi connectivity index (χ2v) is 6.46. The molecule has 0 saturated heterocycles. The number of fused-ring (bicyclic) bond motifs is 1. The second kappa shape index (κ2) is 6.20. The van der Waals surface area contributed by atoms with E-state index in [-0.39, 0.29) is 5.97 Å². The largest absolute Gasteiger partial charge is 0.458 e. The molecule has 0 aliphatic carbocycles. The van der Waals surface area contributed by atoms with E-state index >= 15 is 0 Å². The number of nitrogens with zero attached hydrogens (tertiary/aromatic N) is 1. The van der Waals surface area contributed by atoms with Gasteiger partial charge in [-0.1, -0.05) is 18.2 Å². The topological polar surface area (TPSA) is 39.2 Å². The van der Waals surface area contributed by atoms with Crippen molar-refractivity contribution in [2.24, 2.45) is 0 Å². The molecule has 0 bridgehead atoms. The van der Waals surface area contributed by atoms with Crippen LogP contribution in [0.4, 0.5) is 0 Å². The molecule has 0 amide bonds. The second-order valence-electron chi connectivity index (χ2n) is 4.49. The van der Waals surface area contributed by atoms with Crippen molar-refractivity contribution in [3.05, 3.63) is 57.4 Å². The van der Waals surface area contributed by atoms with Crippen molar-refractivity contribution in [2.45, 2.75) is 13.5 Å². The molecule has 5 heteroatoms. The Hall–Kier alpha value is -1.98. The molecule has 3 aromatic rings. The summed E-state index contributed by atoms with van der Waals surface area (Å²) in [5.74, 6) is -0.351. The Kier molecular flexibility index (Phi) is 4.13. The van der Waals surface area contributed by atoms with E-state index in [1.807, 2.05) is 35.9 Å². The van der Waals surface area contributed by atoms with E-state index in [0.717, 1.165) is 21.7 Å². The molecule has 3 rings (SSSR count). The van der Waals surface area contributed by atoms with Crippen molar-refractivity contribution in [2.75, 3.05) is 0 Å². The van der Waals surface area contributed by atoms with Crippen LogP contribution in [0.25, 0.3) is 16.2 Å². The van der Waals surface area contributed by atoms with E-state index in [1.165, 1.54) is 10.8 Å². The monoisotopic (exact) mass is 315 g/mol. The number of thiophene rings is 1. The fraction of sp³-hybridized carbons (Fsp3) is 0.125. The van der Waals surface area contributed by atoms with Gasteiger partial charge in [0.1, 0.15) is 6.61 Å². The van der Waals surface area contributed by atoms with Crippen LogP contribution in [0.1, 0.15) is 16.3 Å². The van der Waals surface area contributed by atoms with Crippen LogP contribution in [0, 0.1) is 6.92 Å². The average molecular weight is 315 g/mol. The summed E-state index contributed by atoms with van der Waals surface area (Å²) in [5, 5.41) is 6.07. The summed E-state index contributed by atoms with van der Waals surface area (Å²) in [6, 6.07) is 8.11. The summed E-state index contributed by atoms with van der Waals surface area (Å²) in [7, 11) is 0. The maximum atomic E-state index is 11.7. The van der Waals surface area contributed by atoms with Crippen LogP contribution in [0.2, 0.25) is 0 Å². The molecule has 0 radical (unpaired) electrons. The van der Waals surface area contributed by atoms with Crippen LogP contribution < -0.4 is 0 Å². The predicted octanol–water partition coefficient (Wildman–Crippen LogP) is 4.42. The molecule has 0 atom stereocenters. The van der Waals surface area contributed by atoms with Crippen molar-refractivity contribution >= 4 is 44.8 Å². The summed E-state index contributed by atoms with van der Waals surface area (Å²) < 4.78 is 6.49. The zero-order valence-corrected chi connectivity index (χ0v) is 13.0. The minimum absolute atomic E-state index is 0.295. The Labute approximate surface area is 130 Å². The third-order valence-electron chi connectivity index (χ3n) is 2.96. The van der Waals surface area contributed by atoms with Gasteiger partial charge in [-0.05, 0) is 29.8 Å². The summed E-state index contributed by atoms with van der Waals surface area (Å²) in [4.78, 5) is 16.0. The number of rotatable bonds is 4. The smallest absolute Gasteiger partial charge is 0.331 e. The standard InChI is InChI=1S/C16H13NO2S2/c1-11-17-13(10-20-11)6-7-16(18)19-8-12-9-21-15-5-3-2-4-14(12)15/h2-7,9-10H,8H2,1H3/b7-6+. The molecule has 0 N–H and O–H groups in total. The van der Waals surface area contributed by atoms with Gasteiger partial charge in [0.05, 0.1) is 10.7 Å². The van der Waals surface area contributed by atoms with E-state index in [2.05, 4.69) is 11.1 Å². The molecule has 0 aliphatic rings. The van der Waals surface area contributed by atoms with Gasteiger partial charge >= 0.3 is 5.97 Å². The molecule has 0 saturated carbocycles. The van der Waals surface area contributed by atoms with Gasteiger partial charge in [-0.25, -0.2) is 9.78 Å². The number of esters is 1. The molecule has 2 heterocycles. The third kappa shape index (κ3) is 3.37. The highest BCUT2D eigenvalue weighted by Gasteiger charge is 2.05. The number of aromatic nitrogens is 1. The van der Waals surface area contributed by atoms with Gasteiger partial charge in [0.2, 0.25) is 0 Å². The summed E-state index contributed by atoms with van der Waals surface area (Å²) in [6.45, 7) is 2.23. The van der Waals surface area contributed by atoms with Crippen LogP contribution in [-0.2, 0) is 16.1 Å². The Morgan fingerprint density at radius 3 is 2.95 bits per heavy atom. The van der Waals surface area contributed by atoms with Gasteiger partial charge in [-0.15, -0.1) is 22.7 Å². The summed E-state index contributed by atoms with van der Waals surface area (Å²) in [5.41, 5.74) is 1.83. The van der Waals surface area contributed by atoms with Crippen LogP contribution in [0.15, 0.2) is 41.1 Å². The highest BCUT2D eigenvalue weighted by Crippen LogP contribution is 2.26. The molecular formula is C16H13NO2S2. The number of benzene rings is 1. The molecule has 2 aromatic heterocycles. The Bertz CT molecular complexity index is 801. The lowest BCUT2D eigenvalue weighted by atomic mass is 10.2. The molecule has 0 spiro atoms. The summed E-state index contributed by atoms with van der Waals surface area (Å²) >= 11 is 3.22. The minimum atomic E-state index is -0.351. The van der Waals surface area contributed by atoms with E-state index < -0.39 is 0 Å². The molecule has 21 heavy (non-hydrogen) atoms. The Morgan fingerprint density at radius 1 is 1.29 bits per heavy atom. The first-order valence-corrected chi connectivity index (χ1v) is 8.20. The van der Waals surface area contributed by atoms with E-state index in [1.54, 1.807) is 28.7 Å². The Balaban J connectivity index is 1.62. The van der Waals surface area contributed by atoms with Gasteiger partial charge in [0, 0.05) is 21.7 Å². The van der Waals surface area contributed by atoms with E-state index in [4.69, 9.17) is 4.74 Å². The maximum absolute atomic E-state index is 11.7. The first-order chi connectivity index (χ1) is 10.2. The van der Waals surface area contributed by atoms with E-state index in [9.17, 15) is 4.79 Å². The van der Waals surface area contributed by atoms with Crippen molar-refractivity contribution in [1.29, 1.82) is 0 Å². The van der Waals surface area contributed by atoms with Crippen LogP contribution in [-0.4, -0.2) is 11.0 Å². The fourth-order valence-corrected chi connectivity index (χ4v) is 3.48. The fourth-order valence-electron chi connectivity index (χ4n) is 1.95. The maximum Gasteiger partial charge on any atom is 0.331 e. The van der Waals surface area contributed by atoms with E-state index in [0.29, 0.717) is 6.61 Å². The van der Waals surface area contributed by atoms with Crippen LogP contribution in [0.5, 0.6) is 0 Å². The van der Waals surface area contributed by atoms with Gasteiger partial charge < -0.3 is 4.74 Å². The molecule has 0 unspecified atom stereocenters. The van der Waals surface area contributed by atoms with Crippen molar-refractivity contribution in [1.82, 2.24) is 4.98 Å². The number of aryl methyl sites for hydroxylation is 1. The molecule has 0 fully saturated rings. The molecule has 106 valence electrons. The molecule has 3 nitrogen and oxygen atoms in total. The number of carbonyl (C=O) groups is 1. The number of ether oxygens (including phenoxy) is 1. The zero-order chi connectivity index (χ0) is 14.7. The minimum Gasteiger partial charge on any atom is -0.458 e. The van der Waals surface area contributed by atoms with Crippen LogP contribution >= 0.6 is 22.7 Å². The first-order valence-electron chi connectivity index (χ1n) is 6.44. The SMILES string of the molecule is Cc1nc(/C=C/C(=O)OCc2csc3ccccc23)cs1. The molecule has 0 aliphatic heterocycles. The van der Waals surface area contributed by atoms with Gasteiger partial charge in [0.25, 0.3) is 0 Å². The highest BCUT2D eigenvalue weighted by molar-refractivity contribution is 7.17. The molecular weight excluding hydrogens is 302 g/mol. The van der Waals surface area contributed by atoms with Gasteiger partial charge in [0.15, 0.2) is 0 Å². The Morgan fingerprint density at radius 2 is 2.14 bits per heavy atom. The number of hydrogen-bond acceptors (Lipinski definition) is 5. The van der Waals surface area contributed by atoms with Crippen molar-refractivity contribution in [3.63, 3.8) is 0 Å². The highest BCUT2D eigenvalue weighted by atomic mass is 32.1. The lowest BCUT2D eigenvalue weighted by Gasteiger charge is -2.00. The number of carbonyl (C=O) groups excluding carboxylic acids is 1. The number of thiazole rings is 1.